The molecule has 0 atom stereocenters. The zero-order chi connectivity index (χ0) is 19.9. The summed E-state index contributed by atoms with van der Waals surface area (Å²) in [6.45, 7) is 7.06. The lowest BCUT2D eigenvalue weighted by Gasteiger charge is -2.22. The maximum atomic E-state index is 12.7. The highest BCUT2D eigenvalue weighted by atomic mass is 35.5. The van der Waals surface area contributed by atoms with Crippen molar-refractivity contribution in [3.8, 4) is 0 Å². The number of carbonyl (C=O) groups is 1. The molecule has 28 heavy (non-hydrogen) atoms. The van der Waals surface area contributed by atoms with Gasteiger partial charge in [0.05, 0.1) is 5.56 Å². The minimum Gasteiger partial charge on any atom is -0.381 e. The van der Waals surface area contributed by atoms with E-state index in [1.165, 1.54) is 0 Å². The molecule has 0 unspecified atom stereocenters. The minimum atomic E-state index is -0.0518. The molecule has 1 aliphatic heterocycles. The van der Waals surface area contributed by atoms with Crippen molar-refractivity contribution in [3.05, 3.63) is 58.2 Å². The Morgan fingerprint density at radius 1 is 1.29 bits per heavy atom. The van der Waals surface area contributed by atoms with E-state index in [0.717, 1.165) is 43.0 Å². The van der Waals surface area contributed by atoms with E-state index in [1.54, 1.807) is 6.20 Å². The summed E-state index contributed by atoms with van der Waals surface area (Å²) in [5, 5.41) is 7.11. The van der Waals surface area contributed by atoms with Gasteiger partial charge in [-0.15, -0.1) is 0 Å². The SMILES string of the molecule is CC(C)c1cc(NCc2cccc(Cl)c2)ncc1C(=O)NCC1CCOCC1. The average molecular weight is 402 g/mol. The standard InChI is InChI=1S/C22H28ClN3O2/c1-15(2)19-11-21(24-13-17-4-3-5-18(23)10-17)25-14-20(19)22(27)26-12-16-6-8-28-9-7-16/h3-5,10-11,14-16H,6-9,12-13H2,1-2H3,(H,24,25)(H,26,27). The third kappa shape index (κ3) is 5.69. The molecule has 2 aromatic rings. The second-order valence-electron chi connectivity index (χ2n) is 7.56. The van der Waals surface area contributed by atoms with Crippen molar-refractivity contribution < 1.29 is 9.53 Å². The summed E-state index contributed by atoms with van der Waals surface area (Å²) in [6, 6.07) is 9.70. The lowest BCUT2D eigenvalue weighted by Crippen LogP contribution is -2.32. The second kappa shape index (κ2) is 9.89. The monoisotopic (exact) mass is 401 g/mol. The first-order chi connectivity index (χ1) is 13.5. The van der Waals surface area contributed by atoms with Crippen LogP contribution >= 0.6 is 11.6 Å². The van der Waals surface area contributed by atoms with Gasteiger partial charge in [-0.3, -0.25) is 4.79 Å². The summed E-state index contributed by atoms with van der Waals surface area (Å²) in [4.78, 5) is 17.2. The minimum absolute atomic E-state index is 0.0518. The predicted molar refractivity (Wildman–Crippen MR) is 113 cm³/mol. The normalized spacial score (nSPS) is 14.9. The smallest absolute Gasteiger partial charge is 0.253 e. The van der Waals surface area contributed by atoms with Gasteiger partial charge >= 0.3 is 0 Å². The molecule has 0 spiro atoms. The largest absolute Gasteiger partial charge is 0.381 e. The molecule has 3 rings (SSSR count). The topological polar surface area (TPSA) is 63.2 Å². The highest BCUT2D eigenvalue weighted by Crippen LogP contribution is 2.23. The van der Waals surface area contributed by atoms with Crippen molar-refractivity contribution in [1.82, 2.24) is 10.3 Å². The molecule has 1 aromatic heterocycles. The molecule has 1 aromatic carbocycles. The lowest BCUT2D eigenvalue weighted by atomic mass is 9.97. The summed E-state index contributed by atoms with van der Waals surface area (Å²) in [5.74, 6) is 1.42. The van der Waals surface area contributed by atoms with E-state index in [-0.39, 0.29) is 11.8 Å². The van der Waals surface area contributed by atoms with Gasteiger partial charge in [-0.1, -0.05) is 37.6 Å². The molecular formula is C22H28ClN3O2. The molecule has 150 valence electrons. The maximum absolute atomic E-state index is 12.7. The Kier molecular flexibility index (Phi) is 7.29. The van der Waals surface area contributed by atoms with Gasteiger partial charge in [0.15, 0.2) is 0 Å². The van der Waals surface area contributed by atoms with Crippen LogP contribution in [0.25, 0.3) is 0 Å². The van der Waals surface area contributed by atoms with E-state index < -0.39 is 0 Å². The van der Waals surface area contributed by atoms with Crippen LogP contribution in [0.1, 0.15) is 54.1 Å². The fraction of sp³-hybridized carbons (Fsp3) is 0.455. The predicted octanol–water partition coefficient (Wildman–Crippen LogP) is 4.63. The van der Waals surface area contributed by atoms with Crippen molar-refractivity contribution >= 4 is 23.3 Å². The number of amides is 1. The third-order valence-corrected chi connectivity index (χ3v) is 5.29. The van der Waals surface area contributed by atoms with Gasteiger partial charge in [-0.25, -0.2) is 4.98 Å². The molecule has 6 heteroatoms. The molecule has 2 N–H and O–H groups in total. The molecule has 1 fully saturated rings. The summed E-state index contributed by atoms with van der Waals surface area (Å²) in [6.07, 6.45) is 3.68. The number of hydrogen-bond acceptors (Lipinski definition) is 4. The first kappa shape index (κ1) is 20.6. The number of rotatable bonds is 7. The van der Waals surface area contributed by atoms with Crippen LogP contribution < -0.4 is 10.6 Å². The number of carbonyl (C=O) groups excluding carboxylic acids is 1. The van der Waals surface area contributed by atoms with Gasteiger partial charge in [0.2, 0.25) is 0 Å². The number of nitrogens with zero attached hydrogens (tertiary/aromatic N) is 1. The van der Waals surface area contributed by atoms with Crippen LogP contribution in [-0.2, 0) is 11.3 Å². The highest BCUT2D eigenvalue weighted by Gasteiger charge is 2.18. The van der Waals surface area contributed by atoms with Crippen LogP contribution in [0.15, 0.2) is 36.5 Å². The van der Waals surface area contributed by atoms with Gasteiger partial charge in [-0.2, -0.15) is 0 Å². The van der Waals surface area contributed by atoms with Gasteiger partial charge in [0.25, 0.3) is 5.91 Å². The number of aromatic nitrogens is 1. The van der Waals surface area contributed by atoms with Crippen molar-refractivity contribution in [2.75, 3.05) is 25.1 Å². The van der Waals surface area contributed by atoms with Crippen LogP contribution in [0, 0.1) is 5.92 Å². The summed E-state index contributed by atoms with van der Waals surface area (Å²) in [5.41, 5.74) is 2.72. The van der Waals surface area contributed by atoms with Crippen LogP contribution in [0.3, 0.4) is 0 Å². The van der Waals surface area contributed by atoms with Gasteiger partial charge in [0.1, 0.15) is 5.82 Å². The van der Waals surface area contributed by atoms with Crippen LogP contribution in [0.5, 0.6) is 0 Å². The number of benzene rings is 1. The molecular weight excluding hydrogens is 374 g/mol. The quantitative estimate of drug-likeness (QED) is 0.710. The molecule has 0 aliphatic carbocycles. The van der Waals surface area contributed by atoms with Gasteiger partial charge in [0, 0.05) is 37.5 Å². The van der Waals surface area contributed by atoms with E-state index in [9.17, 15) is 4.79 Å². The second-order valence-corrected chi connectivity index (χ2v) is 8.00. The summed E-state index contributed by atoms with van der Waals surface area (Å²) >= 11 is 6.04. The van der Waals surface area contributed by atoms with E-state index in [2.05, 4.69) is 29.5 Å². The Labute approximate surface area is 171 Å². The Morgan fingerprint density at radius 3 is 2.79 bits per heavy atom. The summed E-state index contributed by atoms with van der Waals surface area (Å²) in [7, 11) is 0. The van der Waals surface area contributed by atoms with Crippen molar-refractivity contribution in [3.63, 3.8) is 0 Å². The van der Waals surface area contributed by atoms with E-state index in [0.29, 0.717) is 29.6 Å². The zero-order valence-corrected chi connectivity index (χ0v) is 17.3. The van der Waals surface area contributed by atoms with Crippen LogP contribution in [0.4, 0.5) is 5.82 Å². The Morgan fingerprint density at radius 2 is 2.07 bits per heavy atom. The van der Waals surface area contributed by atoms with E-state index >= 15 is 0 Å². The fourth-order valence-electron chi connectivity index (χ4n) is 3.36. The lowest BCUT2D eigenvalue weighted by molar-refractivity contribution is 0.0642. The Balaban J connectivity index is 1.65. The number of ether oxygens (including phenoxy) is 1. The Bertz CT molecular complexity index is 804. The molecule has 0 bridgehead atoms. The Hall–Kier alpha value is -2.11. The number of halogens is 1. The molecule has 1 saturated heterocycles. The zero-order valence-electron chi connectivity index (χ0n) is 16.5. The summed E-state index contributed by atoms with van der Waals surface area (Å²) < 4.78 is 5.38. The first-order valence-corrected chi connectivity index (χ1v) is 10.2. The van der Waals surface area contributed by atoms with E-state index in [1.807, 2.05) is 30.3 Å². The first-order valence-electron chi connectivity index (χ1n) is 9.87. The van der Waals surface area contributed by atoms with Crippen LogP contribution in [-0.4, -0.2) is 30.6 Å². The fourth-order valence-corrected chi connectivity index (χ4v) is 3.57. The van der Waals surface area contributed by atoms with Gasteiger partial charge in [-0.05, 0) is 54.0 Å². The number of nitrogens with one attached hydrogen (secondary N) is 2. The molecule has 0 radical (unpaired) electrons. The van der Waals surface area contributed by atoms with Crippen molar-refractivity contribution in [2.24, 2.45) is 5.92 Å². The third-order valence-electron chi connectivity index (χ3n) is 5.06. The van der Waals surface area contributed by atoms with E-state index in [4.69, 9.17) is 16.3 Å². The molecule has 0 saturated carbocycles. The molecule has 5 nitrogen and oxygen atoms in total. The maximum Gasteiger partial charge on any atom is 0.253 e. The van der Waals surface area contributed by atoms with Crippen molar-refractivity contribution in [2.45, 2.75) is 39.2 Å². The molecule has 1 amide bonds. The number of pyridine rings is 1. The number of anilines is 1. The molecule has 1 aliphatic rings. The van der Waals surface area contributed by atoms with Crippen molar-refractivity contribution in [1.29, 1.82) is 0 Å². The molecule has 2 heterocycles. The number of hydrogen-bond donors (Lipinski definition) is 2. The highest BCUT2D eigenvalue weighted by molar-refractivity contribution is 6.30. The average Bonchev–Trinajstić information content (AvgIpc) is 2.71. The van der Waals surface area contributed by atoms with Crippen LogP contribution in [0.2, 0.25) is 5.02 Å². The van der Waals surface area contributed by atoms with Gasteiger partial charge < -0.3 is 15.4 Å².